The molecule has 0 atom stereocenters. The summed E-state index contributed by atoms with van der Waals surface area (Å²) in [6, 6.07) is 14.2. The van der Waals surface area contributed by atoms with E-state index in [2.05, 4.69) is 35.5 Å². The molecule has 1 fully saturated rings. The summed E-state index contributed by atoms with van der Waals surface area (Å²) in [5, 5.41) is 10.9. The fourth-order valence-corrected chi connectivity index (χ4v) is 4.88. The second-order valence-electron chi connectivity index (χ2n) is 9.26. The predicted molar refractivity (Wildman–Crippen MR) is 142 cm³/mol. The summed E-state index contributed by atoms with van der Waals surface area (Å²) < 4.78 is 20.7. The molecule has 0 spiro atoms. The Kier molecular flexibility index (Phi) is 5.51. The van der Waals surface area contributed by atoms with E-state index in [0.29, 0.717) is 39.3 Å². The van der Waals surface area contributed by atoms with E-state index in [4.69, 9.17) is 9.72 Å². The van der Waals surface area contributed by atoms with Gasteiger partial charge < -0.3 is 15.0 Å². The van der Waals surface area contributed by atoms with Crippen molar-refractivity contribution in [2.45, 2.75) is 18.9 Å². The first kappa shape index (κ1) is 22.5. The molecule has 7 rings (SSSR count). The smallest absolute Gasteiger partial charge is 0.178 e. The Balaban J connectivity index is 1.26. The molecule has 38 heavy (non-hydrogen) atoms. The van der Waals surface area contributed by atoms with Gasteiger partial charge in [0.2, 0.25) is 0 Å². The zero-order chi connectivity index (χ0) is 25.5. The summed E-state index contributed by atoms with van der Waals surface area (Å²) in [5.41, 5.74) is 5.81. The topological polar surface area (TPSA) is 117 Å². The number of ether oxygens (including phenoxy) is 1. The summed E-state index contributed by atoms with van der Waals surface area (Å²) in [4.78, 5) is 21.6. The van der Waals surface area contributed by atoms with Gasteiger partial charge in [0.1, 0.15) is 23.2 Å². The van der Waals surface area contributed by atoms with Gasteiger partial charge in [0.25, 0.3) is 0 Å². The average Bonchev–Trinajstić information content (AvgIpc) is 3.58. The highest BCUT2D eigenvalue weighted by molar-refractivity contribution is 5.95. The number of imidazole rings is 1. The number of hydrogen-bond acceptors (Lipinski definition) is 7. The predicted octanol–water partition coefficient (Wildman–Crippen LogP) is 4.90. The second kappa shape index (κ2) is 9.31. The molecule has 1 aliphatic rings. The van der Waals surface area contributed by atoms with Crippen LogP contribution in [-0.4, -0.2) is 54.3 Å². The monoisotopic (exact) mass is 506 g/mol. The minimum atomic E-state index is -0.312. The van der Waals surface area contributed by atoms with E-state index in [-0.39, 0.29) is 11.9 Å². The van der Waals surface area contributed by atoms with Crippen molar-refractivity contribution in [3.8, 4) is 39.7 Å². The molecule has 0 radical (unpaired) electrons. The van der Waals surface area contributed by atoms with Crippen molar-refractivity contribution in [2.24, 2.45) is 0 Å². The highest BCUT2D eigenvalue weighted by Gasteiger charge is 2.19. The number of H-pyrrole nitrogens is 2. The van der Waals surface area contributed by atoms with Crippen molar-refractivity contribution in [1.29, 1.82) is 0 Å². The standard InChI is InChI=1S/C28H23FN8O/c29-21-4-2-1-3-19(21)20-9-12-32-27-24(20)34-28(35-27)26-25-23(36-37-26)6-5-22(33-25)16-13-18(15-31-14-16)38-17-7-10-30-11-8-17/h1-6,9,12-15,17,30H,7-8,10-11H2,(H,36,37)(H,32,34,35). The van der Waals surface area contributed by atoms with Crippen molar-refractivity contribution in [1.82, 2.24) is 40.4 Å². The van der Waals surface area contributed by atoms with Crippen LogP contribution in [0.15, 0.2) is 67.1 Å². The van der Waals surface area contributed by atoms with Crippen LogP contribution in [0.4, 0.5) is 4.39 Å². The highest BCUT2D eigenvalue weighted by Crippen LogP contribution is 2.32. The van der Waals surface area contributed by atoms with Crippen LogP contribution in [-0.2, 0) is 0 Å². The number of fused-ring (bicyclic) bond motifs is 2. The van der Waals surface area contributed by atoms with Crippen molar-refractivity contribution in [3.63, 3.8) is 0 Å². The zero-order valence-corrected chi connectivity index (χ0v) is 20.3. The number of benzene rings is 1. The van der Waals surface area contributed by atoms with Crippen LogP contribution in [0.3, 0.4) is 0 Å². The summed E-state index contributed by atoms with van der Waals surface area (Å²) >= 11 is 0. The first-order valence-corrected chi connectivity index (χ1v) is 12.5. The van der Waals surface area contributed by atoms with Crippen molar-refractivity contribution in [3.05, 3.63) is 72.9 Å². The van der Waals surface area contributed by atoms with Crippen LogP contribution in [0, 0.1) is 5.82 Å². The Morgan fingerprint density at radius 3 is 2.74 bits per heavy atom. The maximum absolute atomic E-state index is 14.6. The quantitative estimate of drug-likeness (QED) is 0.305. The molecule has 5 aromatic heterocycles. The van der Waals surface area contributed by atoms with Crippen molar-refractivity contribution in [2.75, 3.05) is 13.1 Å². The Morgan fingerprint density at radius 1 is 0.947 bits per heavy atom. The van der Waals surface area contributed by atoms with E-state index in [1.165, 1.54) is 6.07 Å². The average molecular weight is 507 g/mol. The number of piperidine rings is 1. The Hall–Kier alpha value is -4.70. The lowest BCUT2D eigenvalue weighted by atomic mass is 10.1. The van der Waals surface area contributed by atoms with Gasteiger partial charge in [0.15, 0.2) is 17.2 Å². The molecular formula is C28H23FN8O. The molecule has 0 bridgehead atoms. The normalized spacial score (nSPS) is 14.3. The number of aromatic amines is 2. The molecule has 6 heterocycles. The van der Waals surface area contributed by atoms with Crippen LogP contribution < -0.4 is 10.1 Å². The molecule has 10 heteroatoms. The van der Waals surface area contributed by atoms with Crippen LogP contribution in [0.1, 0.15) is 12.8 Å². The van der Waals surface area contributed by atoms with Gasteiger partial charge in [-0.3, -0.25) is 10.1 Å². The van der Waals surface area contributed by atoms with Gasteiger partial charge in [-0.25, -0.2) is 19.3 Å². The molecule has 1 aliphatic heterocycles. The molecule has 1 aromatic carbocycles. The molecule has 9 nitrogen and oxygen atoms in total. The number of rotatable bonds is 5. The number of pyridine rings is 3. The molecule has 188 valence electrons. The van der Waals surface area contributed by atoms with Crippen LogP contribution in [0.2, 0.25) is 0 Å². The second-order valence-corrected chi connectivity index (χ2v) is 9.26. The SMILES string of the molecule is Fc1ccccc1-c1ccnc2nc(-c3n[nH]c4ccc(-c5cncc(OC6CCNCC6)c5)nc34)[nH]c12. The Bertz CT molecular complexity index is 1770. The van der Waals surface area contributed by atoms with Gasteiger partial charge in [0, 0.05) is 29.1 Å². The largest absolute Gasteiger partial charge is 0.489 e. The third-order valence-electron chi connectivity index (χ3n) is 6.79. The van der Waals surface area contributed by atoms with Crippen LogP contribution >= 0.6 is 0 Å². The zero-order valence-electron chi connectivity index (χ0n) is 20.3. The minimum absolute atomic E-state index is 0.181. The van der Waals surface area contributed by atoms with Gasteiger partial charge in [0.05, 0.1) is 22.9 Å². The number of halogens is 1. The lowest BCUT2D eigenvalue weighted by Crippen LogP contribution is -2.34. The molecule has 3 N–H and O–H groups in total. The summed E-state index contributed by atoms with van der Waals surface area (Å²) in [6.07, 6.45) is 7.26. The van der Waals surface area contributed by atoms with E-state index in [9.17, 15) is 4.39 Å². The third kappa shape index (κ3) is 4.04. The van der Waals surface area contributed by atoms with E-state index in [1.54, 1.807) is 42.9 Å². The van der Waals surface area contributed by atoms with Crippen molar-refractivity contribution < 1.29 is 9.13 Å². The molecule has 0 aliphatic carbocycles. The molecule has 0 amide bonds. The summed E-state index contributed by atoms with van der Waals surface area (Å²) in [7, 11) is 0. The first-order valence-electron chi connectivity index (χ1n) is 12.5. The number of nitrogens with one attached hydrogen (secondary N) is 3. The maximum atomic E-state index is 14.6. The molecule has 6 aromatic rings. The molecule has 0 unspecified atom stereocenters. The van der Waals surface area contributed by atoms with Crippen LogP contribution in [0.25, 0.3) is 56.1 Å². The Morgan fingerprint density at radius 2 is 1.84 bits per heavy atom. The van der Waals surface area contributed by atoms with Gasteiger partial charge >= 0.3 is 0 Å². The van der Waals surface area contributed by atoms with Gasteiger partial charge in [-0.05, 0) is 56.3 Å². The number of hydrogen-bond donors (Lipinski definition) is 3. The van der Waals surface area contributed by atoms with Gasteiger partial charge in [-0.2, -0.15) is 5.10 Å². The summed E-state index contributed by atoms with van der Waals surface area (Å²) in [5.74, 6) is 0.911. The first-order chi connectivity index (χ1) is 18.7. The fraction of sp³-hybridized carbons (Fsp3) is 0.179. The van der Waals surface area contributed by atoms with Crippen LogP contribution in [0.5, 0.6) is 5.75 Å². The molecule has 1 saturated heterocycles. The van der Waals surface area contributed by atoms with E-state index in [0.717, 1.165) is 48.5 Å². The number of nitrogens with zero attached hydrogens (tertiary/aromatic N) is 5. The van der Waals surface area contributed by atoms with Gasteiger partial charge in [-0.15, -0.1) is 0 Å². The van der Waals surface area contributed by atoms with E-state index >= 15 is 0 Å². The minimum Gasteiger partial charge on any atom is -0.489 e. The molecular weight excluding hydrogens is 483 g/mol. The van der Waals surface area contributed by atoms with E-state index in [1.807, 2.05) is 18.2 Å². The van der Waals surface area contributed by atoms with Gasteiger partial charge in [-0.1, -0.05) is 18.2 Å². The fourth-order valence-electron chi connectivity index (χ4n) is 4.88. The third-order valence-corrected chi connectivity index (χ3v) is 6.79. The lowest BCUT2D eigenvalue weighted by Gasteiger charge is -2.23. The highest BCUT2D eigenvalue weighted by atomic mass is 19.1. The Labute approximate surface area is 216 Å². The van der Waals surface area contributed by atoms with E-state index < -0.39 is 0 Å². The van der Waals surface area contributed by atoms with Crippen molar-refractivity contribution >= 4 is 22.2 Å². The maximum Gasteiger partial charge on any atom is 0.178 e. The summed E-state index contributed by atoms with van der Waals surface area (Å²) in [6.45, 7) is 1.91. The lowest BCUT2D eigenvalue weighted by molar-refractivity contribution is 0.162. The number of aromatic nitrogens is 7. The molecule has 0 saturated carbocycles.